The number of rotatable bonds is 5. The van der Waals surface area contributed by atoms with E-state index in [0.29, 0.717) is 12.2 Å². The molecule has 1 N–H and O–H groups in total. The zero-order valence-electron chi connectivity index (χ0n) is 8.76. The molecule has 0 aromatic carbocycles. The maximum Gasteiger partial charge on any atom is 0.186 e. The molecule has 1 rings (SSSR count). The van der Waals surface area contributed by atoms with E-state index in [4.69, 9.17) is 6.42 Å². The molecular formula is C11H14FN3. The third-order valence-corrected chi connectivity index (χ3v) is 2.00. The highest BCUT2D eigenvalue weighted by Gasteiger charge is 2.05. The van der Waals surface area contributed by atoms with E-state index in [9.17, 15) is 4.39 Å². The molecule has 0 aliphatic carbocycles. The van der Waals surface area contributed by atoms with E-state index in [1.165, 1.54) is 6.33 Å². The summed E-state index contributed by atoms with van der Waals surface area (Å²) in [6.07, 6.45) is 9.07. The minimum Gasteiger partial charge on any atom is -0.368 e. The molecule has 0 unspecified atom stereocenters. The van der Waals surface area contributed by atoms with Gasteiger partial charge in [-0.15, -0.1) is 12.3 Å². The van der Waals surface area contributed by atoms with Crippen LogP contribution in [0.2, 0.25) is 0 Å². The first-order valence-electron chi connectivity index (χ1n) is 4.90. The standard InChI is InChI=1S/C11H14FN3/c1-3-4-5-6-7-13-11-10(12)9(2)14-8-15-11/h1,8H,4-7H2,2H3,(H,13,14,15). The molecule has 0 bridgehead atoms. The van der Waals surface area contributed by atoms with Crippen LogP contribution in [0.25, 0.3) is 0 Å². The van der Waals surface area contributed by atoms with Gasteiger partial charge < -0.3 is 5.32 Å². The lowest BCUT2D eigenvalue weighted by molar-refractivity contribution is 0.603. The normalized spacial score (nSPS) is 9.67. The van der Waals surface area contributed by atoms with E-state index >= 15 is 0 Å². The first-order valence-corrected chi connectivity index (χ1v) is 4.90. The van der Waals surface area contributed by atoms with Crippen molar-refractivity contribution in [2.24, 2.45) is 0 Å². The first-order chi connectivity index (χ1) is 7.25. The van der Waals surface area contributed by atoms with Crippen LogP contribution in [0.3, 0.4) is 0 Å². The van der Waals surface area contributed by atoms with Crippen LogP contribution in [0.4, 0.5) is 10.2 Å². The summed E-state index contributed by atoms with van der Waals surface area (Å²) in [5, 5.41) is 2.92. The Hall–Kier alpha value is -1.63. The van der Waals surface area contributed by atoms with Crippen molar-refractivity contribution < 1.29 is 4.39 Å². The molecule has 1 aromatic rings. The highest BCUT2D eigenvalue weighted by atomic mass is 19.1. The minimum atomic E-state index is -0.380. The molecule has 0 atom stereocenters. The number of halogens is 1. The molecule has 0 spiro atoms. The fourth-order valence-electron chi connectivity index (χ4n) is 1.14. The molecule has 80 valence electrons. The number of aryl methyl sites for hydroxylation is 1. The molecule has 0 saturated carbocycles. The van der Waals surface area contributed by atoms with Gasteiger partial charge in [0.1, 0.15) is 6.33 Å². The lowest BCUT2D eigenvalue weighted by Crippen LogP contribution is -2.07. The number of aromatic nitrogens is 2. The van der Waals surface area contributed by atoms with Crippen molar-refractivity contribution in [3.8, 4) is 12.3 Å². The summed E-state index contributed by atoms with van der Waals surface area (Å²) in [5.41, 5.74) is 0.358. The third-order valence-electron chi connectivity index (χ3n) is 2.00. The summed E-state index contributed by atoms with van der Waals surface area (Å²) in [6.45, 7) is 2.29. The third kappa shape index (κ3) is 3.55. The molecule has 15 heavy (non-hydrogen) atoms. The summed E-state index contributed by atoms with van der Waals surface area (Å²) in [4.78, 5) is 7.56. The van der Waals surface area contributed by atoms with Gasteiger partial charge in [0.05, 0.1) is 5.69 Å². The number of hydrogen-bond acceptors (Lipinski definition) is 3. The van der Waals surface area contributed by atoms with E-state index in [2.05, 4.69) is 21.2 Å². The Labute approximate surface area is 89.1 Å². The van der Waals surface area contributed by atoms with Crippen LogP contribution >= 0.6 is 0 Å². The summed E-state index contributed by atoms with van der Waals surface area (Å²) >= 11 is 0. The summed E-state index contributed by atoms with van der Waals surface area (Å²) in [5.74, 6) is 2.45. The molecule has 1 aromatic heterocycles. The topological polar surface area (TPSA) is 37.8 Å². The van der Waals surface area contributed by atoms with E-state index in [1.807, 2.05) is 0 Å². The van der Waals surface area contributed by atoms with Crippen molar-refractivity contribution in [2.45, 2.75) is 26.2 Å². The fraction of sp³-hybridized carbons (Fsp3) is 0.455. The van der Waals surface area contributed by atoms with Crippen molar-refractivity contribution in [1.82, 2.24) is 9.97 Å². The summed E-state index contributed by atoms with van der Waals surface area (Å²) in [6, 6.07) is 0. The Kier molecular flexibility index (Phi) is 4.55. The van der Waals surface area contributed by atoms with Gasteiger partial charge in [0, 0.05) is 13.0 Å². The van der Waals surface area contributed by atoms with Crippen LogP contribution in [0, 0.1) is 25.1 Å². The second kappa shape index (κ2) is 5.97. The van der Waals surface area contributed by atoms with Gasteiger partial charge in [-0.1, -0.05) is 0 Å². The van der Waals surface area contributed by atoms with Gasteiger partial charge in [-0.2, -0.15) is 0 Å². The van der Waals surface area contributed by atoms with Crippen molar-refractivity contribution in [3.63, 3.8) is 0 Å². The Morgan fingerprint density at radius 1 is 1.47 bits per heavy atom. The van der Waals surface area contributed by atoms with Crippen molar-refractivity contribution in [2.75, 3.05) is 11.9 Å². The average molecular weight is 207 g/mol. The fourth-order valence-corrected chi connectivity index (χ4v) is 1.14. The van der Waals surface area contributed by atoms with E-state index in [1.54, 1.807) is 6.92 Å². The lowest BCUT2D eigenvalue weighted by Gasteiger charge is -2.06. The molecule has 4 heteroatoms. The number of nitrogens with zero attached hydrogens (tertiary/aromatic N) is 2. The van der Waals surface area contributed by atoms with Gasteiger partial charge in [-0.3, -0.25) is 0 Å². The highest BCUT2D eigenvalue weighted by Crippen LogP contribution is 2.11. The largest absolute Gasteiger partial charge is 0.368 e. The minimum absolute atomic E-state index is 0.267. The van der Waals surface area contributed by atoms with Gasteiger partial charge in [0.15, 0.2) is 11.6 Å². The molecule has 0 saturated heterocycles. The number of terminal acetylenes is 1. The van der Waals surface area contributed by atoms with Gasteiger partial charge in [-0.25, -0.2) is 14.4 Å². The maximum absolute atomic E-state index is 13.4. The van der Waals surface area contributed by atoms with Gasteiger partial charge in [0.2, 0.25) is 0 Å². The molecule has 3 nitrogen and oxygen atoms in total. The quantitative estimate of drug-likeness (QED) is 0.593. The van der Waals surface area contributed by atoms with E-state index in [0.717, 1.165) is 19.3 Å². The van der Waals surface area contributed by atoms with Crippen LogP contribution in [-0.4, -0.2) is 16.5 Å². The Morgan fingerprint density at radius 3 is 3.00 bits per heavy atom. The molecule has 0 radical (unpaired) electrons. The molecule has 0 fully saturated rings. The zero-order chi connectivity index (χ0) is 11.1. The van der Waals surface area contributed by atoms with Crippen LogP contribution in [0.1, 0.15) is 25.0 Å². The number of unbranched alkanes of at least 4 members (excludes halogenated alkanes) is 2. The number of anilines is 1. The zero-order valence-corrected chi connectivity index (χ0v) is 8.76. The Morgan fingerprint density at radius 2 is 2.27 bits per heavy atom. The average Bonchev–Trinajstić information content (AvgIpc) is 2.24. The summed E-state index contributed by atoms with van der Waals surface area (Å²) in [7, 11) is 0. The first kappa shape index (κ1) is 11.4. The van der Waals surface area contributed by atoms with E-state index < -0.39 is 0 Å². The van der Waals surface area contributed by atoms with Gasteiger partial charge in [-0.05, 0) is 19.8 Å². The molecule has 0 aliphatic heterocycles. The number of nitrogens with one attached hydrogen (secondary N) is 1. The van der Waals surface area contributed by atoms with Crippen molar-refractivity contribution in [3.05, 3.63) is 17.8 Å². The smallest absolute Gasteiger partial charge is 0.186 e. The number of hydrogen-bond donors (Lipinski definition) is 1. The summed E-state index contributed by atoms with van der Waals surface area (Å²) < 4.78 is 13.4. The molecule has 0 amide bonds. The van der Waals surface area contributed by atoms with Crippen LogP contribution < -0.4 is 5.32 Å². The highest BCUT2D eigenvalue weighted by molar-refractivity contribution is 5.36. The molecule has 0 aliphatic rings. The van der Waals surface area contributed by atoms with Crippen LogP contribution in [0.5, 0.6) is 0 Å². The van der Waals surface area contributed by atoms with Crippen molar-refractivity contribution in [1.29, 1.82) is 0 Å². The second-order valence-electron chi connectivity index (χ2n) is 3.21. The van der Waals surface area contributed by atoms with Gasteiger partial charge >= 0.3 is 0 Å². The Bertz CT molecular complexity index is 357. The van der Waals surface area contributed by atoms with Crippen molar-refractivity contribution >= 4 is 5.82 Å². The predicted octanol–water partition coefficient (Wildman–Crippen LogP) is 2.14. The Balaban J connectivity index is 2.38. The van der Waals surface area contributed by atoms with E-state index in [-0.39, 0.29) is 11.6 Å². The predicted molar refractivity (Wildman–Crippen MR) is 57.9 cm³/mol. The lowest BCUT2D eigenvalue weighted by atomic mass is 10.2. The molecule has 1 heterocycles. The van der Waals surface area contributed by atoms with Crippen LogP contribution in [-0.2, 0) is 0 Å². The SMILES string of the molecule is C#CCCCCNc1ncnc(C)c1F. The second-order valence-corrected chi connectivity index (χ2v) is 3.21. The monoisotopic (exact) mass is 207 g/mol. The van der Waals surface area contributed by atoms with Crippen LogP contribution in [0.15, 0.2) is 6.33 Å². The van der Waals surface area contributed by atoms with Gasteiger partial charge in [0.25, 0.3) is 0 Å². The molecular weight excluding hydrogens is 193 g/mol. The maximum atomic E-state index is 13.4.